The molecule has 0 fully saturated rings. The fourth-order valence-corrected chi connectivity index (χ4v) is 0.962. The second-order valence-corrected chi connectivity index (χ2v) is 4.11. The summed E-state index contributed by atoms with van der Waals surface area (Å²) in [6.45, 7) is 4.02. The molecule has 1 heterocycles. The van der Waals surface area contributed by atoms with Crippen molar-refractivity contribution in [3.8, 4) is 0 Å². The van der Waals surface area contributed by atoms with Crippen LogP contribution in [0.3, 0.4) is 0 Å². The summed E-state index contributed by atoms with van der Waals surface area (Å²) in [4.78, 5) is 24.7. The molecule has 0 unspecified atom stereocenters. The average molecular weight is 209 g/mol. The number of H-pyrrole nitrogens is 1. The number of pyridine rings is 1. The van der Waals surface area contributed by atoms with Crippen LogP contribution in [0.25, 0.3) is 0 Å². The van der Waals surface area contributed by atoms with Crippen LogP contribution in [0.1, 0.15) is 24.2 Å². The van der Waals surface area contributed by atoms with E-state index in [-0.39, 0.29) is 11.5 Å². The molecule has 15 heavy (non-hydrogen) atoms. The fourth-order valence-electron chi connectivity index (χ4n) is 0.962. The van der Waals surface area contributed by atoms with Crippen LogP contribution in [0.4, 0.5) is 0 Å². The van der Waals surface area contributed by atoms with Crippen molar-refractivity contribution in [3.63, 3.8) is 0 Å². The molecule has 1 aromatic heterocycles. The van der Waals surface area contributed by atoms with Crippen molar-refractivity contribution in [2.24, 2.45) is 5.73 Å². The molecule has 0 bridgehead atoms. The second kappa shape index (κ2) is 4.27. The lowest BCUT2D eigenvalue weighted by atomic mass is 10.1. The SMILES string of the molecule is CC(C)(N)CNC(=O)c1ccc(=O)[nH]c1. The number of aromatic nitrogens is 1. The molecule has 0 saturated heterocycles. The van der Waals surface area contributed by atoms with Crippen molar-refractivity contribution in [1.82, 2.24) is 10.3 Å². The molecule has 0 radical (unpaired) electrons. The van der Waals surface area contributed by atoms with Crippen molar-refractivity contribution in [2.75, 3.05) is 6.54 Å². The number of aromatic amines is 1. The molecule has 82 valence electrons. The third-order valence-corrected chi connectivity index (χ3v) is 1.75. The van der Waals surface area contributed by atoms with Crippen molar-refractivity contribution in [2.45, 2.75) is 19.4 Å². The van der Waals surface area contributed by atoms with Gasteiger partial charge in [0.25, 0.3) is 5.91 Å². The number of carbonyl (C=O) groups is 1. The van der Waals surface area contributed by atoms with E-state index in [1.54, 1.807) is 0 Å². The van der Waals surface area contributed by atoms with E-state index in [0.717, 1.165) is 0 Å². The summed E-state index contributed by atoms with van der Waals surface area (Å²) < 4.78 is 0. The molecular weight excluding hydrogens is 194 g/mol. The van der Waals surface area contributed by atoms with E-state index >= 15 is 0 Å². The van der Waals surface area contributed by atoms with E-state index in [2.05, 4.69) is 10.3 Å². The van der Waals surface area contributed by atoms with Crippen LogP contribution in [0, 0.1) is 0 Å². The third-order valence-electron chi connectivity index (χ3n) is 1.75. The van der Waals surface area contributed by atoms with Crippen molar-refractivity contribution >= 4 is 5.91 Å². The van der Waals surface area contributed by atoms with E-state index in [1.165, 1.54) is 18.3 Å². The fraction of sp³-hybridized carbons (Fsp3) is 0.400. The minimum Gasteiger partial charge on any atom is -0.350 e. The lowest BCUT2D eigenvalue weighted by Crippen LogP contribution is -2.45. The molecule has 0 aliphatic rings. The largest absolute Gasteiger partial charge is 0.350 e. The van der Waals surface area contributed by atoms with Crippen LogP contribution in [-0.2, 0) is 0 Å². The first-order chi connectivity index (χ1) is 6.88. The minimum atomic E-state index is -0.447. The Morgan fingerprint density at radius 2 is 2.20 bits per heavy atom. The summed E-state index contributed by atoms with van der Waals surface area (Å²) in [5.41, 5.74) is 5.45. The summed E-state index contributed by atoms with van der Waals surface area (Å²) in [5, 5.41) is 2.67. The van der Waals surface area contributed by atoms with E-state index < -0.39 is 5.54 Å². The number of nitrogens with two attached hydrogens (primary N) is 1. The topological polar surface area (TPSA) is 88.0 Å². The van der Waals surface area contributed by atoms with Gasteiger partial charge in [-0.1, -0.05) is 0 Å². The molecule has 0 aromatic carbocycles. The van der Waals surface area contributed by atoms with Gasteiger partial charge in [-0.05, 0) is 19.9 Å². The molecule has 5 nitrogen and oxygen atoms in total. The van der Waals surface area contributed by atoms with Gasteiger partial charge in [0.15, 0.2) is 0 Å². The van der Waals surface area contributed by atoms with Gasteiger partial charge in [-0.15, -0.1) is 0 Å². The van der Waals surface area contributed by atoms with E-state index in [9.17, 15) is 9.59 Å². The minimum absolute atomic E-state index is 0.231. The number of nitrogens with one attached hydrogen (secondary N) is 2. The first-order valence-corrected chi connectivity index (χ1v) is 4.64. The van der Waals surface area contributed by atoms with E-state index in [4.69, 9.17) is 5.73 Å². The van der Waals surface area contributed by atoms with E-state index in [1.807, 2.05) is 13.8 Å². The second-order valence-electron chi connectivity index (χ2n) is 4.11. The molecule has 0 atom stereocenters. The smallest absolute Gasteiger partial charge is 0.252 e. The maximum absolute atomic E-state index is 11.5. The molecule has 1 aromatic rings. The van der Waals surface area contributed by atoms with Crippen LogP contribution < -0.4 is 16.6 Å². The Hall–Kier alpha value is -1.62. The summed E-state index contributed by atoms with van der Waals surface area (Å²) >= 11 is 0. The van der Waals surface area contributed by atoms with Gasteiger partial charge >= 0.3 is 0 Å². The lowest BCUT2D eigenvalue weighted by molar-refractivity contribution is 0.0945. The van der Waals surface area contributed by atoms with Crippen LogP contribution in [0.15, 0.2) is 23.1 Å². The average Bonchev–Trinajstić information content (AvgIpc) is 2.14. The number of amides is 1. The van der Waals surface area contributed by atoms with Gasteiger partial charge in [0.1, 0.15) is 0 Å². The quantitative estimate of drug-likeness (QED) is 0.646. The molecule has 0 saturated carbocycles. The Bertz CT molecular complexity index is 383. The number of rotatable bonds is 3. The summed E-state index contributed by atoms with van der Waals surface area (Å²) in [6.07, 6.45) is 1.38. The number of carbonyl (C=O) groups excluding carboxylic acids is 1. The Morgan fingerprint density at radius 1 is 1.53 bits per heavy atom. The highest BCUT2D eigenvalue weighted by atomic mass is 16.1. The monoisotopic (exact) mass is 209 g/mol. The molecule has 1 amide bonds. The molecule has 5 heteroatoms. The van der Waals surface area contributed by atoms with Crippen molar-refractivity contribution in [1.29, 1.82) is 0 Å². The van der Waals surface area contributed by atoms with Gasteiger partial charge in [0.05, 0.1) is 5.56 Å². The highest BCUT2D eigenvalue weighted by Crippen LogP contribution is 1.96. The zero-order chi connectivity index (χ0) is 11.5. The summed E-state index contributed by atoms with van der Waals surface area (Å²) in [5.74, 6) is -0.246. The Kier molecular flexibility index (Phi) is 3.26. The van der Waals surface area contributed by atoms with E-state index in [0.29, 0.717) is 12.1 Å². The van der Waals surface area contributed by atoms with Gasteiger partial charge in [0, 0.05) is 24.3 Å². The predicted octanol–water partition coefficient (Wildman–Crippen LogP) is -0.158. The third kappa shape index (κ3) is 3.95. The maximum atomic E-state index is 11.5. The molecule has 0 aliphatic heterocycles. The summed E-state index contributed by atoms with van der Waals surface area (Å²) in [7, 11) is 0. The first kappa shape index (κ1) is 11.5. The highest BCUT2D eigenvalue weighted by Gasteiger charge is 2.13. The lowest BCUT2D eigenvalue weighted by Gasteiger charge is -2.18. The van der Waals surface area contributed by atoms with Crippen LogP contribution in [0.5, 0.6) is 0 Å². The van der Waals surface area contributed by atoms with Crippen molar-refractivity contribution in [3.05, 3.63) is 34.2 Å². The van der Waals surface area contributed by atoms with Crippen LogP contribution in [-0.4, -0.2) is 23.0 Å². The Labute approximate surface area is 87.7 Å². The van der Waals surface area contributed by atoms with Gasteiger partial charge in [-0.3, -0.25) is 9.59 Å². The Morgan fingerprint density at radius 3 is 2.67 bits per heavy atom. The standard InChI is InChI=1S/C10H15N3O2/c1-10(2,11)6-13-9(15)7-3-4-8(14)12-5-7/h3-5H,6,11H2,1-2H3,(H,12,14)(H,13,15). The molecule has 0 aliphatic carbocycles. The van der Waals surface area contributed by atoms with Gasteiger partial charge in [0.2, 0.25) is 5.56 Å². The maximum Gasteiger partial charge on any atom is 0.252 e. The molecule has 4 N–H and O–H groups in total. The first-order valence-electron chi connectivity index (χ1n) is 4.64. The predicted molar refractivity (Wildman–Crippen MR) is 57.7 cm³/mol. The van der Waals surface area contributed by atoms with Crippen LogP contribution >= 0.6 is 0 Å². The van der Waals surface area contributed by atoms with Crippen LogP contribution in [0.2, 0.25) is 0 Å². The highest BCUT2D eigenvalue weighted by molar-refractivity contribution is 5.93. The Balaban J connectivity index is 2.62. The summed E-state index contributed by atoms with van der Waals surface area (Å²) in [6, 6.07) is 2.78. The molecular formula is C10H15N3O2. The number of hydrogen-bond acceptors (Lipinski definition) is 3. The molecule has 0 spiro atoms. The normalized spacial score (nSPS) is 11.1. The zero-order valence-electron chi connectivity index (χ0n) is 8.83. The molecule has 1 rings (SSSR count). The van der Waals surface area contributed by atoms with Gasteiger partial charge in [-0.2, -0.15) is 0 Å². The van der Waals surface area contributed by atoms with Gasteiger partial charge < -0.3 is 16.0 Å². The number of hydrogen-bond donors (Lipinski definition) is 3. The van der Waals surface area contributed by atoms with Gasteiger partial charge in [-0.25, -0.2) is 0 Å². The zero-order valence-corrected chi connectivity index (χ0v) is 8.83. The van der Waals surface area contributed by atoms with Crippen molar-refractivity contribution < 1.29 is 4.79 Å².